The van der Waals surface area contributed by atoms with Gasteiger partial charge in [0.2, 0.25) is 0 Å². The number of hydrogen-bond donors (Lipinski definition) is 1. The van der Waals surface area contributed by atoms with E-state index in [0.717, 1.165) is 43.0 Å². The first-order valence-corrected chi connectivity index (χ1v) is 8.34. The van der Waals surface area contributed by atoms with Crippen LogP contribution in [0, 0.1) is 6.92 Å². The maximum atomic E-state index is 5.82. The molecule has 1 atom stereocenters. The van der Waals surface area contributed by atoms with E-state index in [-0.39, 0.29) is 0 Å². The Balaban J connectivity index is 1.55. The van der Waals surface area contributed by atoms with Gasteiger partial charge >= 0.3 is 0 Å². The van der Waals surface area contributed by atoms with E-state index in [9.17, 15) is 0 Å². The largest absolute Gasteiger partial charge is 0.375 e. The summed E-state index contributed by atoms with van der Waals surface area (Å²) < 4.78 is 5.82. The molecule has 3 heterocycles. The van der Waals surface area contributed by atoms with Gasteiger partial charge in [-0.1, -0.05) is 0 Å². The van der Waals surface area contributed by atoms with Crippen LogP contribution >= 0.6 is 0 Å². The SMILES string of the molecule is Cc1cc(CCCOC[C@@H]2CCC[NH2+]2)c(-c2ncccn2)nn1. The fourth-order valence-electron chi connectivity index (χ4n) is 2.94. The first-order valence-electron chi connectivity index (χ1n) is 8.34. The van der Waals surface area contributed by atoms with Crippen molar-refractivity contribution in [3.8, 4) is 11.5 Å². The van der Waals surface area contributed by atoms with Gasteiger partial charge in [0.25, 0.3) is 0 Å². The maximum absolute atomic E-state index is 5.82. The van der Waals surface area contributed by atoms with Crippen LogP contribution in [0.3, 0.4) is 0 Å². The van der Waals surface area contributed by atoms with Gasteiger partial charge < -0.3 is 10.1 Å². The van der Waals surface area contributed by atoms with Crippen molar-refractivity contribution in [2.24, 2.45) is 0 Å². The fourth-order valence-corrected chi connectivity index (χ4v) is 2.94. The number of ether oxygens (including phenoxy) is 1. The van der Waals surface area contributed by atoms with Gasteiger partial charge in [-0.15, -0.1) is 5.10 Å². The lowest BCUT2D eigenvalue weighted by atomic mass is 10.1. The van der Waals surface area contributed by atoms with Gasteiger partial charge in [0, 0.05) is 31.8 Å². The molecule has 6 nitrogen and oxygen atoms in total. The number of aromatic nitrogens is 4. The van der Waals surface area contributed by atoms with E-state index < -0.39 is 0 Å². The molecule has 0 saturated carbocycles. The molecule has 6 heteroatoms. The number of hydrogen-bond acceptors (Lipinski definition) is 5. The molecule has 2 aromatic heterocycles. The molecule has 122 valence electrons. The molecule has 2 N–H and O–H groups in total. The van der Waals surface area contributed by atoms with Crippen molar-refractivity contribution < 1.29 is 10.1 Å². The number of rotatable bonds is 7. The Morgan fingerprint density at radius 1 is 1.26 bits per heavy atom. The lowest BCUT2D eigenvalue weighted by molar-refractivity contribution is -0.671. The fraction of sp³-hybridized carbons (Fsp3) is 0.529. The average Bonchev–Trinajstić information content (AvgIpc) is 3.09. The van der Waals surface area contributed by atoms with E-state index in [1.165, 1.54) is 19.4 Å². The maximum Gasteiger partial charge on any atom is 0.180 e. The molecule has 0 spiro atoms. The first kappa shape index (κ1) is 16.0. The third-order valence-corrected chi connectivity index (χ3v) is 4.12. The quantitative estimate of drug-likeness (QED) is 0.769. The van der Waals surface area contributed by atoms with Crippen molar-refractivity contribution in [1.82, 2.24) is 20.2 Å². The number of nitrogens with two attached hydrogens (primary N) is 1. The first-order chi connectivity index (χ1) is 11.3. The van der Waals surface area contributed by atoms with Crippen molar-refractivity contribution in [2.45, 2.75) is 38.6 Å². The van der Waals surface area contributed by atoms with Gasteiger partial charge in [0.05, 0.1) is 18.8 Å². The number of aryl methyl sites for hydroxylation is 2. The molecular formula is C17H24N5O+. The van der Waals surface area contributed by atoms with Crippen LogP contribution in [-0.4, -0.2) is 46.0 Å². The monoisotopic (exact) mass is 314 g/mol. The number of quaternary nitrogens is 1. The summed E-state index contributed by atoms with van der Waals surface area (Å²) in [6.07, 6.45) is 7.93. The molecule has 0 aromatic carbocycles. The van der Waals surface area contributed by atoms with E-state index in [0.29, 0.717) is 11.9 Å². The summed E-state index contributed by atoms with van der Waals surface area (Å²) in [5, 5.41) is 10.8. The minimum Gasteiger partial charge on any atom is -0.375 e. The van der Waals surface area contributed by atoms with Gasteiger partial charge in [0.1, 0.15) is 11.7 Å². The molecule has 0 amide bonds. The van der Waals surface area contributed by atoms with E-state index in [1.807, 2.05) is 6.92 Å². The van der Waals surface area contributed by atoms with Gasteiger partial charge in [-0.3, -0.25) is 0 Å². The lowest BCUT2D eigenvalue weighted by Gasteiger charge is -2.10. The van der Waals surface area contributed by atoms with Gasteiger partial charge in [-0.05, 0) is 37.5 Å². The van der Waals surface area contributed by atoms with Crippen LogP contribution in [-0.2, 0) is 11.2 Å². The summed E-state index contributed by atoms with van der Waals surface area (Å²) in [6.45, 7) is 4.85. The van der Waals surface area contributed by atoms with Crippen LogP contribution in [0.5, 0.6) is 0 Å². The Hall–Kier alpha value is -1.92. The van der Waals surface area contributed by atoms with Crippen LogP contribution in [0.15, 0.2) is 24.5 Å². The van der Waals surface area contributed by atoms with Gasteiger partial charge in [-0.2, -0.15) is 5.10 Å². The van der Waals surface area contributed by atoms with E-state index in [1.54, 1.807) is 18.5 Å². The summed E-state index contributed by atoms with van der Waals surface area (Å²) in [5.74, 6) is 0.636. The molecule has 1 aliphatic heterocycles. The van der Waals surface area contributed by atoms with Gasteiger partial charge in [-0.25, -0.2) is 9.97 Å². The Bertz CT molecular complexity index is 614. The van der Waals surface area contributed by atoms with Crippen LogP contribution in [0.4, 0.5) is 0 Å². The van der Waals surface area contributed by atoms with Crippen molar-refractivity contribution in [3.05, 3.63) is 35.8 Å². The molecule has 1 aliphatic rings. The standard InChI is InChI=1S/C17H23N5O/c1-13-11-14(5-3-10-23-12-15-6-2-7-18-15)16(22-21-13)17-19-8-4-9-20-17/h4,8-9,11,15,18H,2-3,5-7,10,12H2,1H3/p+1/t15-/m0/s1. The summed E-state index contributed by atoms with van der Waals surface area (Å²) in [4.78, 5) is 8.57. The van der Waals surface area contributed by atoms with Gasteiger partial charge in [0.15, 0.2) is 5.82 Å². The zero-order valence-electron chi connectivity index (χ0n) is 13.6. The smallest absolute Gasteiger partial charge is 0.180 e. The highest BCUT2D eigenvalue weighted by Crippen LogP contribution is 2.18. The Morgan fingerprint density at radius 2 is 2.13 bits per heavy atom. The zero-order chi connectivity index (χ0) is 15.9. The van der Waals surface area contributed by atoms with Crippen molar-refractivity contribution in [2.75, 3.05) is 19.8 Å². The van der Waals surface area contributed by atoms with Crippen LogP contribution in [0.2, 0.25) is 0 Å². The average molecular weight is 314 g/mol. The highest BCUT2D eigenvalue weighted by Gasteiger charge is 2.17. The molecule has 3 rings (SSSR count). The molecule has 0 unspecified atom stereocenters. The second-order valence-electron chi connectivity index (χ2n) is 6.04. The summed E-state index contributed by atoms with van der Waals surface area (Å²) in [6, 6.07) is 4.54. The second-order valence-corrected chi connectivity index (χ2v) is 6.04. The van der Waals surface area contributed by atoms with Crippen LogP contribution in [0.1, 0.15) is 30.5 Å². The minimum atomic E-state index is 0.636. The molecule has 0 bridgehead atoms. The zero-order valence-corrected chi connectivity index (χ0v) is 13.6. The Morgan fingerprint density at radius 3 is 2.91 bits per heavy atom. The summed E-state index contributed by atoms with van der Waals surface area (Å²) in [7, 11) is 0. The van der Waals surface area contributed by atoms with Crippen LogP contribution < -0.4 is 5.32 Å². The van der Waals surface area contributed by atoms with Crippen molar-refractivity contribution in [1.29, 1.82) is 0 Å². The number of nitrogens with zero attached hydrogens (tertiary/aromatic N) is 4. The van der Waals surface area contributed by atoms with Crippen molar-refractivity contribution in [3.63, 3.8) is 0 Å². The molecule has 0 radical (unpaired) electrons. The predicted molar refractivity (Wildman–Crippen MR) is 86.7 cm³/mol. The highest BCUT2D eigenvalue weighted by molar-refractivity contribution is 5.53. The highest BCUT2D eigenvalue weighted by atomic mass is 16.5. The molecule has 1 saturated heterocycles. The lowest BCUT2D eigenvalue weighted by Crippen LogP contribution is -2.87. The topological polar surface area (TPSA) is 77.4 Å². The Labute approximate surface area is 136 Å². The van der Waals surface area contributed by atoms with E-state index >= 15 is 0 Å². The minimum absolute atomic E-state index is 0.636. The molecular weight excluding hydrogens is 290 g/mol. The third-order valence-electron chi connectivity index (χ3n) is 4.12. The molecule has 1 fully saturated rings. The van der Waals surface area contributed by atoms with Crippen LogP contribution in [0.25, 0.3) is 11.5 Å². The molecule has 2 aromatic rings. The van der Waals surface area contributed by atoms with Crippen molar-refractivity contribution >= 4 is 0 Å². The normalized spacial score (nSPS) is 17.5. The predicted octanol–water partition coefficient (Wildman–Crippen LogP) is 0.917. The Kier molecular flexibility index (Phi) is 5.60. The molecule has 0 aliphatic carbocycles. The molecule has 23 heavy (non-hydrogen) atoms. The third kappa shape index (κ3) is 4.53. The van der Waals surface area contributed by atoms with E-state index in [2.05, 4.69) is 31.5 Å². The summed E-state index contributed by atoms with van der Waals surface area (Å²) >= 11 is 0. The van der Waals surface area contributed by atoms with E-state index in [4.69, 9.17) is 4.74 Å². The second kappa shape index (κ2) is 8.08. The summed E-state index contributed by atoms with van der Waals surface area (Å²) in [5.41, 5.74) is 2.83.